The van der Waals surface area contributed by atoms with Crippen molar-refractivity contribution in [3.05, 3.63) is 71.0 Å². The molecule has 2 heterocycles. The average molecular weight is 386 g/mol. The van der Waals surface area contributed by atoms with E-state index in [2.05, 4.69) is 10.1 Å². The Balaban J connectivity index is 1.48. The first-order chi connectivity index (χ1) is 13.6. The maximum Gasteiger partial charge on any atom is 0.159 e. The highest BCUT2D eigenvalue weighted by Gasteiger charge is 2.25. The third kappa shape index (κ3) is 3.90. The quantitative estimate of drug-likeness (QED) is 0.702. The molecular formula is C21H20F2N2O3. The molecule has 0 atom stereocenters. The van der Waals surface area contributed by atoms with Gasteiger partial charge in [0.1, 0.15) is 23.8 Å². The Hall–Kier alpha value is -2.77. The van der Waals surface area contributed by atoms with Crippen molar-refractivity contribution in [2.75, 3.05) is 19.8 Å². The Kier molecular flexibility index (Phi) is 5.36. The molecule has 0 fully saturated rings. The van der Waals surface area contributed by atoms with Crippen LogP contribution in [0.1, 0.15) is 16.9 Å². The highest BCUT2D eigenvalue weighted by atomic mass is 19.2. The van der Waals surface area contributed by atoms with E-state index in [1.165, 1.54) is 6.07 Å². The number of hydrogen-bond acceptors (Lipinski definition) is 5. The van der Waals surface area contributed by atoms with E-state index in [1.54, 1.807) is 0 Å². The van der Waals surface area contributed by atoms with Gasteiger partial charge in [-0.1, -0.05) is 17.3 Å². The standard InChI is InChI=1S/C21H20F2N2O3/c22-18-6-3-15(11-19(18)23)21-17-13-25(8-7-20(17)28-24-21)12-14-1-4-16(5-2-14)27-10-9-26/h1-6,11,26H,7-10,12-13H2. The second-order valence-corrected chi connectivity index (χ2v) is 6.74. The zero-order valence-electron chi connectivity index (χ0n) is 15.2. The summed E-state index contributed by atoms with van der Waals surface area (Å²) in [7, 11) is 0. The van der Waals surface area contributed by atoms with Crippen molar-refractivity contribution in [3.63, 3.8) is 0 Å². The third-order valence-electron chi connectivity index (χ3n) is 4.79. The van der Waals surface area contributed by atoms with E-state index in [4.69, 9.17) is 14.4 Å². The van der Waals surface area contributed by atoms with Gasteiger partial charge in [0.2, 0.25) is 0 Å². The third-order valence-corrected chi connectivity index (χ3v) is 4.79. The van der Waals surface area contributed by atoms with Gasteiger partial charge in [-0.25, -0.2) is 8.78 Å². The highest BCUT2D eigenvalue weighted by Crippen LogP contribution is 2.31. The summed E-state index contributed by atoms with van der Waals surface area (Å²) in [5.41, 5.74) is 3.12. The number of halogens is 2. The molecule has 0 saturated carbocycles. The van der Waals surface area contributed by atoms with Crippen LogP contribution >= 0.6 is 0 Å². The van der Waals surface area contributed by atoms with E-state index in [0.29, 0.717) is 24.2 Å². The molecule has 1 aliphatic rings. The van der Waals surface area contributed by atoms with Crippen molar-refractivity contribution in [1.29, 1.82) is 0 Å². The second-order valence-electron chi connectivity index (χ2n) is 6.74. The molecule has 0 unspecified atom stereocenters. The predicted octanol–water partition coefficient (Wildman–Crippen LogP) is 3.55. The van der Waals surface area contributed by atoms with Crippen molar-refractivity contribution < 1.29 is 23.1 Å². The van der Waals surface area contributed by atoms with Crippen molar-refractivity contribution in [3.8, 4) is 17.0 Å². The Labute approximate surface area is 161 Å². The molecule has 2 aromatic carbocycles. The van der Waals surface area contributed by atoms with E-state index in [-0.39, 0.29) is 13.2 Å². The molecule has 0 aliphatic carbocycles. The van der Waals surface area contributed by atoms with Gasteiger partial charge in [-0.15, -0.1) is 0 Å². The zero-order chi connectivity index (χ0) is 19.5. The molecule has 0 radical (unpaired) electrons. The molecule has 1 N–H and O–H groups in total. The molecule has 146 valence electrons. The van der Waals surface area contributed by atoms with Crippen molar-refractivity contribution in [2.24, 2.45) is 0 Å². The molecule has 28 heavy (non-hydrogen) atoms. The maximum atomic E-state index is 13.6. The van der Waals surface area contributed by atoms with Crippen molar-refractivity contribution >= 4 is 0 Å². The summed E-state index contributed by atoms with van der Waals surface area (Å²) >= 11 is 0. The number of rotatable bonds is 6. The Bertz CT molecular complexity index is 957. The van der Waals surface area contributed by atoms with E-state index >= 15 is 0 Å². The minimum absolute atomic E-state index is 0.0170. The number of aromatic nitrogens is 1. The first-order valence-electron chi connectivity index (χ1n) is 9.12. The molecule has 3 aromatic rings. The van der Waals surface area contributed by atoms with Gasteiger partial charge in [0, 0.05) is 37.2 Å². The van der Waals surface area contributed by atoms with Crippen LogP contribution in [0.4, 0.5) is 8.78 Å². The zero-order valence-corrected chi connectivity index (χ0v) is 15.2. The molecule has 0 saturated heterocycles. The normalized spacial score (nSPS) is 14.1. The number of ether oxygens (including phenoxy) is 1. The van der Waals surface area contributed by atoms with E-state index in [0.717, 1.165) is 47.9 Å². The van der Waals surface area contributed by atoms with Crippen LogP contribution in [-0.4, -0.2) is 34.9 Å². The van der Waals surface area contributed by atoms with E-state index in [1.807, 2.05) is 24.3 Å². The Morgan fingerprint density at radius 3 is 2.68 bits per heavy atom. The minimum atomic E-state index is -0.898. The van der Waals surface area contributed by atoms with Gasteiger partial charge in [-0.2, -0.15) is 0 Å². The summed E-state index contributed by atoms with van der Waals surface area (Å²) in [6.07, 6.45) is 0.712. The number of fused-ring (bicyclic) bond motifs is 1. The highest BCUT2D eigenvalue weighted by molar-refractivity contribution is 5.63. The molecule has 5 nitrogen and oxygen atoms in total. The van der Waals surface area contributed by atoms with Crippen LogP contribution in [0.2, 0.25) is 0 Å². The molecule has 4 rings (SSSR count). The molecular weight excluding hydrogens is 366 g/mol. The molecule has 1 aliphatic heterocycles. The average Bonchev–Trinajstić information content (AvgIpc) is 3.13. The summed E-state index contributed by atoms with van der Waals surface area (Å²) < 4.78 is 37.7. The van der Waals surface area contributed by atoms with Crippen molar-refractivity contribution in [1.82, 2.24) is 10.1 Å². The molecule has 0 bridgehead atoms. The largest absolute Gasteiger partial charge is 0.491 e. The van der Waals surface area contributed by atoms with E-state index in [9.17, 15) is 8.78 Å². The monoisotopic (exact) mass is 386 g/mol. The van der Waals surface area contributed by atoms with Crippen LogP contribution in [-0.2, 0) is 19.5 Å². The van der Waals surface area contributed by atoms with E-state index < -0.39 is 11.6 Å². The minimum Gasteiger partial charge on any atom is -0.491 e. The summed E-state index contributed by atoms with van der Waals surface area (Å²) in [6.45, 7) is 2.44. The Morgan fingerprint density at radius 2 is 1.93 bits per heavy atom. The molecule has 0 amide bonds. The molecule has 7 heteroatoms. The summed E-state index contributed by atoms with van der Waals surface area (Å²) in [4.78, 5) is 2.26. The first kappa shape index (κ1) is 18.6. The van der Waals surface area contributed by atoms with Gasteiger partial charge in [0.25, 0.3) is 0 Å². The number of nitrogens with zero attached hydrogens (tertiary/aromatic N) is 2. The van der Waals surface area contributed by atoms with Gasteiger partial charge in [0.15, 0.2) is 11.6 Å². The fraction of sp³-hybridized carbons (Fsp3) is 0.286. The maximum absolute atomic E-state index is 13.6. The summed E-state index contributed by atoms with van der Waals surface area (Å²) in [5.74, 6) is -0.262. The molecule has 1 aromatic heterocycles. The van der Waals surface area contributed by atoms with Gasteiger partial charge < -0.3 is 14.4 Å². The van der Waals surface area contributed by atoms with Crippen LogP contribution in [0.25, 0.3) is 11.3 Å². The number of aliphatic hydroxyl groups excluding tert-OH is 1. The van der Waals surface area contributed by atoms with Crippen LogP contribution in [0, 0.1) is 11.6 Å². The predicted molar refractivity (Wildman–Crippen MR) is 98.7 cm³/mol. The SMILES string of the molecule is OCCOc1ccc(CN2CCc3onc(-c4ccc(F)c(F)c4)c3C2)cc1. The first-order valence-corrected chi connectivity index (χ1v) is 9.12. The Morgan fingerprint density at radius 1 is 1.11 bits per heavy atom. The smallest absolute Gasteiger partial charge is 0.159 e. The van der Waals surface area contributed by atoms with Gasteiger partial charge in [0.05, 0.1) is 6.61 Å². The van der Waals surface area contributed by atoms with Crippen LogP contribution in [0.5, 0.6) is 5.75 Å². The van der Waals surface area contributed by atoms with Gasteiger partial charge >= 0.3 is 0 Å². The summed E-state index contributed by atoms with van der Waals surface area (Å²) in [5, 5.41) is 12.9. The lowest BCUT2D eigenvalue weighted by molar-refractivity contribution is 0.201. The van der Waals surface area contributed by atoms with Crippen LogP contribution in [0.3, 0.4) is 0 Å². The lowest BCUT2D eigenvalue weighted by Gasteiger charge is -2.26. The van der Waals surface area contributed by atoms with Crippen LogP contribution in [0.15, 0.2) is 47.0 Å². The lowest BCUT2D eigenvalue weighted by atomic mass is 10.0. The fourth-order valence-corrected chi connectivity index (χ4v) is 3.38. The van der Waals surface area contributed by atoms with Gasteiger partial charge in [-0.3, -0.25) is 4.90 Å². The van der Waals surface area contributed by atoms with Crippen LogP contribution < -0.4 is 4.74 Å². The topological polar surface area (TPSA) is 58.7 Å². The second kappa shape index (κ2) is 8.08. The summed E-state index contributed by atoms with van der Waals surface area (Å²) in [6, 6.07) is 11.5. The number of hydrogen-bond donors (Lipinski definition) is 1. The number of benzene rings is 2. The fourth-order valence-electron chi connectivity index (χ4n) is 3.38. The lowest BCUT2D eigenvalue weighted by Crippen LogP contribution is -2.29. The van der Waals surface area contributed by atoms with Gasteiger partial charge in [-0.05, 0) is 35.9 Å². The number of aliphatic hydroxyl groups is 1. The van der Waals surface area contributed by atoms with Crippen molar-refractivity contribution in [2.45, 2.75) is 19.5 Å². The molecule has 0 spiro atoms.